The predicted molar refractivity (Wildman–Crippen MR) is 69.6 cm³/mol. The number of phenols is 1. The van der Waals surface area contributed by atoms with Crippen LogP contribution in [0.4, 0.5) is 5.69 Å². The maximum absolute atomic E-state index is 12.4. The lowest BCUT2D eigenvalue weighted by Crippen LogP contribution is -2.33. The highest BCUT2D eigenvalue weighted by molar-refractivity contribution is 7.89. The molecule has 0 atom stereocenters. The van der Waals surface area contributed by atoms with Crippen LogP contribution in [0.3, 0.4) is 0 Å². The molecule has 1 aromatic rings. The predicted octanol–water partition coefficient (Wildman–Crippen LogP) is 1.31. The van der Waals surface area contributed by atoms with Crippen molar-refractivity contribution in [3.05, 3.63) is 30.9 Å². The minimum atomic E-state index is -3.57. The van der Waals surface area contributed by atoms with Crippen molar-refractivity contribution >= 4 is 15.7 Å². The van der Waals surface area contributed by atoms with E-state index < -0.39 is 10.0 Å². The third-order valence-corrected chi connectivity index (χ3v) is 4.78. The summed E-state index contributed by atoms with van der Waals surface area (Å²) in [5.74, 6) is -0.115. The van der Waals surface area contributed by atoms with Gasteiger partial charge in [-0.15, -0.1) is 6.58 Å². The summed E-state index contributed by atoms with van der Waals surface area (Å²) in [7, 11) is -3.57. The van der Waals surface area contributed by atoms with Gasteiger partial charge in [0.05, 0.1) is 10.6 Å². The standard InChI is InChI=1S/C12H16N2O3S/c1-2-7-14(9-3-4-9)18(16,17)10-5-6-12(15)11(13)8-10/h2,5-6,8-9,15H,1,3-4,7,13H2. The van der Waals surface area contributed by atoms with Crippen LogP contribution in [-0.4, -0.2) is 30.4 Å². The topological polar surface area (TPSA) is 83.6 Å². The molecule has 1 aliphatic rings. The number of anilines is 1. The van der Waals surface area contributed by atoms with E-state index in [4.69, 9.17) is 5.73 Å². The molecular formula is C12H16N2O3S. The molecular weight excluding hydrogens is 252 g/mol. The molecule has 0 aliphatic heterocycles. The molecule has 2 rings (SSSR count). The fraction of sp³-hybridized carbons (Fsp3) is 0.333. The molecule has 0 spiro atoms. The van der Waals surface area contributed by atoms with E-state index in [1.807, 2.05) is 0 Å². The Bertz CT molecular complexity index is 565. The van der Waals surface area contributed by atoms with Crippen molar-refractivity contribution in [2.24, 2.45) is 0 Å². The monoisotopic (exact) mass is 268 g/mol. The van der Waals surface area contributed by atoms with Gasteiger partial charge in [-0.1, -0.05) is 6.08 Å². The van der Waals surface area contributed by atoms with E-state index in [1.165, 1.54) is 22.5 Å². The molecule has 5 nitrogen and oxygen atoms in total. The molecule has 18 heavy (non-hydrogen) atoms. The molecule has 1 fully saturated rings. The Morgan fingerprint density at radius 2 is 2.17 bits per heavy atom. The van der Waals surface area contributed by atoms with Gasteiger partial charge in [0.2, 0.25) is 10.0 Å². The summed E-state index contributed by atoms with van der Waals surface area (Å²) >= 11 is 0. The number of aromatic hydroxyl groups is 1. The Morgan fingerprint density at radius 1 is 1.50 bits per heavy atom. The summed E-state index contributed by atoms with van der Waals surface area (Å²) in [4.78, 5) is 0.103. The number of sulfonamides is 1. The number of rotatable bonds is 5. The number of phenolic OH excluding ortho intramolecular Hbond substituents is 1. The van der Waals surface area contributed by atoms with E-state index in [-0.39, 0.29) is 28.9 Å². The van der Waals surface area contributed by atoms with E-state index in [9.17, 15) is 13.5 Å². The van der Waals surface area contributed by atoms with E-state index in [1.54, 1.807) is 6.08 Å². The van der Waals surface area contributed by atoms with Crippen LogP contribution in [-0.2, 0) is 10.0 Å². The van der Waals surface area contributed by atoms with Gasteiger partial charge in [0.15, 0.2) is 0 Å². The highest BCUT2D eigenvalue weighted by Crippen LogP contribution is 2.33. The van der Waals surface area contributed by atoms with Crippen LogP contribution in [0.2, 0.25) is 0 Å². The number of benzene rings is 1. The Kier molecular flexibility index (Phi) is 3.32. The second-order valence-electron chi connectivity index (χ2n) is 4.32. The first kappa shape index (κ1) is 12.9. The maximum atomic E-state index is 12.4. The van der Waals surface area contributed by atoms with Gasteiger partial charge in [0, 0.05) is 12.6 Å². The van der Waals surface area contributed by atoms with Gasteiger partial charge >= 0.3 is 0 Å². The number of nitrogen functional groups attached to an aromatic ring is 1. The zero-order chi connectivity index (χ0) is 13.3. The van der Waals surface area contributed by atoms with Gasteiger partial charge in [-0.2, -0.15) is 4.31 Å². The minimum Gasteiger partial charge on any atom is -0.506 e. The summed E-state index contributed by atoms with van der Waals surface area (Å²) in [5.41, 5.74) is 5.59. The number of hydrogen-bond acceptors (Lipinski definition) is 4. The van der Waals surface area contributed by atoms with Crippen molar-refractivity contribution in [2.75, 3.05) is 12.3 Å². The average Bonchev–Trinajstić information content (AvgIpc) is 3.13. The first-order chi connectivity index (χ1) is 8.46. The lowest BCUT2D eigenvalue weighted by Gasteiger charge is -2.20. The number of hydrogen-bond donors (Lipinski definition) is 2. The van der Waals surface area contributed by atoms with Gasteiger partial charge < -0.3 is 10.8 Å². The minimum absolute atomic E-state index is 0.0584. The summed E-state index contributed by atoms with van der Waals surface area (Å²) in [5, 5.41) is 9.32. The van der Waals surface area contributed by atoms with Crippen molar-refractivity contribution in [3.63, 3.8) is 0 Å². The lowest BCUT2D eigenvalue weighted by atomic mass is 10.3. The zero-order valence-electron chi connectivity index (χ0n) is 9.91. The maximum Gasteiger partial charge on any atom is 0.243 e. The van der Waals surface area contributed by atoms with Crippen LogP contribution in [0.5, 0.6) is 5.75 Å². The van der Waals surface area contributed by atoms with Gasteiger partial charge in [-0.3, -0.25) is 0 Å². The van der Waals surface area contributed by atoms with Gasteiger partial charge in [-0.25, -0.2) is 8.42 Å². The molecule has 3 N–H and O–H groups in total. The smallest absolute Gasteiger partial charge is 0.243 e. The van der Waals surface area contributed by atoms with Crippen molar-refractivity contribution in [1.29, 1.82) is 0 Å². The van der Waals surface area contributed by atoms with Crippen LogP contribution >= 0.6 is 0 Å². The van der Waals surface area contributed by atoms with Crippen molar-refractivity contribution in [3.8, 4) is 5.75 Å². The van der Waals surface area contributed by atoms with Crippen LogP contribution < -0.4 is 5.73 Å². The fourth-order valence-corrected chi connectivity index (χ4v) is 3.45. The number of nitrogens with two attached hydrogens (primary N) is 1. The summed E-state index contributed by atoms with van der Waals surface area (Å²) in [6.45, 7) is 3.86. The molecule has 0 radical (unpaired) electrons. The molecule has 0 saturated heterocycles. The molecule has 6 heteroatoms. The quantitative estimate of drug-likeness (QED) is 0.479. The molecule has 0 aromatic heterocycles. The lowest BCUT2D eigenvalue weighted by molar-refractivity contribution is 0.435. The molecule has 1 aromatic carbocycles. The van der Waals surface area contributed by atoms with Gasteiger partial charge in [0.1, 0.15) is 5.75 Å². The average molecular weight is 268 g/mol. The van der Waals surface area contributed by atoms with Crippen LogP contribution in [0.15, 0.2) is 35.7 Å². The second kappa shape index (κ2) is 4.62. The Morgan fingerprint density at radius 3 is 2.67 bits per heavy atom. The molecule has 1 aliphatic carbocycles. The van der Waals surface area contributed by atoms with Crippen LogP contribution in [0.1, 0.15) is 12.8 Å². The van der Waals surface area contributed by atoms with E-state index in [2.05, 4.69) is 6.58 Å². The molecule has 0 bridgehead atoms. The van der Waals surface area contributed by atoms with Crippen molar-refractivity contribution in [2.45, 2.75) is 23.8 Å². The second-order valence-corrected chi connectivity index (χ2v) is 6.21. The molecule has 0 amide bonds. The SMILES string of the molecule is C=CCN(C1CC1)S(=O)(=O)c1ccc(O)c(N)c1. The van der Waals surface area contributed by atoms with Crippen LogP contribution in [0.25, 0.3) is 0 Å². The Labute approximate surface area is 107 Å². The highest BCUT2D eigenvalue weighted by Gasteiger charge is 2.37. The van der Waals surface area contributed by atoms with Crippen molar-refractivity contribution < 1.29 is 13.5 Å². The molecule has 0 heterocycles. The summed E-state index contributed by atoms with van der Waals surface area (Å²) in [6.07, 6.45) is 3.32. The largest absolute Gasteiger partial charge is 0.506 e. The summed E-state index contributed by atoms with van der Waals surface area (Å²) < 4.78 is 26.2. The Balaban J connectivity index is 2.39. The van der Waals surface area contributed by atoms with Gasteiger partial charge in [0.25, 0.3) is 0 Å². The molecule has 0 unspecified atom stereocenters. The van der Waals surface area contributed by atoms with E-state index in [0.717, 1.165) is 12.8 Å². The third-order valence-electron chi connectivity index (χ3n) is 2.87. The normalized spacial score (nSPS) is 15.8. The van der Waals surface area contributed by atoms with Gasteiger partial charge in [-0.05, 0) is 31.0 Å². The Hall–Kier alpha value is -1.53. The van der Waals surface area contributed by atoms with E-state index >= 15 is 0 Å². The first-order valence-corrected chi connectivity index (χ1v) is 7.12. The third kappa shape index (κ3) is 2.34. The number of nitrogens with zero attached hydrogens (tertiary/aromatic N) is 1. The molecule has 1 saturated carbocycles. The fourth-order valence-electron chi connectivity index (χ4n) is 1.76. The van der Waals surface area contributed by atoms with E-state index in [0.29, 0.717) is 0 Å². The highest BCUT2D eigenvalue weighted by atomic mass is 32.2. The van der Waals surface area contributed by atoms with Crippen molar-refractivity contribution in [1.82, 2.24) is 4.31 Å². The first-order valence-electron chi connectivity index (χ1n) is 5.68. The molecule has 98 valence electrons. The van der Waals surface area contributed by atoms with Crippen LogP contribution in [0, 0.1) is 0 Å². The zero-order valence-corrected chi connectivity index (χ0v) is 10.7. The summed E-state index contributed by atoms with van der Waals surface area (Å²) in [6, 6.07) is 3.99.